The third-order valence-corrected chi connectivity index (χ3v) is 6.59. The largest absolute Gasteiger partial charge is 0.416 e. The predicted molar refractivity (Wildman–Crippen MR) is 148 cm³/mol. The Kier molecular flexibility index (Phi) is 9.19. The third kappa shape index (κ3) is 7.71. The molecule has 6 nitrogen and oxygen atoms in total. The van der Waals surface area contributed by atoms with Crippen molar-refractivity contribution in [2.45, 2.75) is 66.2 Å². The van der Waals surface area contributed by atoms with Crippen molar-refractivity contribution in [1.29, 1.82) is 0 Å². The van der Waals surface area contributed by atoms with Crippen molar-refractivity contribution in [3.8, 4) is 5.69 Å². The summed E-state index contributed by atoms with van der Waals surface area (Å²) in [6.07, 6.45) is -10.2. The second-order valence-electron chi connectivity index (χ2n) is 11.7. The molecule has 0 aliphatic carbocycles. The number of hydrogen-bond acceptors (Lipinski definition) is 3. The van der Waals surface area contributed by atoms with Crippen LogP contribution in [0.1, 0.15) is 72.9 Å². The molecule has 1 heterocycles. The number of rotatable bonds is 7. The average Bonchev–Trinajstić information content (AvgIpc) is 3.27. The van der Waals surface area contributed by atoms with Crippen molar-refractivity contribution < 1.29 is 35.9 Å². The van der Waals surface area contributed by atoms with Gasteiger partial charge in [0.1, 0.15) is 12.4 Å². The van der Waals surface area contributed by atoms with Gasteiger partial charge in [0.05, 0.1) is 22.5 Å². The molecule has 0 bridgehead atoms. The zero-order valence-electron chi connectivity index (χ0n) is 24.5. The average molecular weight is 597 g/mol. The molecule has 0 aliphatic heterocycles. The topological polar surface area (TPSA) is 67.2 Å². The highest BCUT2D eigenvalue weighted by Crippen LogP contribution is 2.36. The van der Waals surface area contributed by atoms with Gasteiger partial charge in [0, 0.05) is 23.6 Å². The number of amides is 2. The number of hydrogen-bond donors (Lipinski definition) is 1. The molecular formula is C30H34F6N4O2. The van der Waals surface area contributed by atoms with Crippen LogP contribution in [0, 0.1) is 19.8 Å². The van der Waals surface area contributed by atoms with E-state index < -0.39 is 47.4 Å². The second-order valence-corrected chi connectivity index (χ2v) is 11.7. The van der Waals surface area contributed by atoms with Crippen molar-refractivity contribution in [1.82, 2.24) is 14.7 Å². The molecule has 42 heavy (non-hydrogen) atoms. The van der Waals surface area contributed by atoms with Gasteiger partial charge in [0.2, 0.25) is 5.91 Å². The molecule has 0 fully saturated rings. The SMILES string of the molecule is Cc1cccc(-n2nc(C(C)(C)C)cc2NC(=O)CN(CC(C)C)C(=O)c2cc(C(F)(F)F)cc(C(F)(F)F)c2)c1C. The molecule has 0 spiro atoms. The van der Waals surface area contributed by atoms with Crippen LogP contribution < -0.4 is 5.32 Å². The molecular weight excluding hydrogens is 562 g/mol. The van der Waals surface area contributed by atoms with Gasteiger partial charge in [-0.1, -0.05) is 46.8 Å². The molecule has 0 saturated heterocycles. The molecule has 2 amide bonds. The summed E-state index contributed by atoms with van der Waals surface area (Å²) in [5, 5.41) is 7.43. The van der Waals surface area contributed by atoms with Crippen molar-refractivity contribution in [3.05, 3.63) is 76.0 Å². The summed E-state index contributed by atoms with van der Waals surface area (Å²) < 4.78 is 82.1. The first kappa shape index (κ1) is 32.7. The van der Waals surface area contributed by atoms with Crippen molar-refractivity contribution in [2.24, 2.45) is 5.92 Å². The molecule has 12 heteroatoms. The van der Waals surface area contributed by atoms with Gasteiger partial charge in [-0.25, -0.2) is 4.68 Å². The van der Waals surface area contributed by atoms with Gasteiger partial charge in [0.25, 0.3) is 5.91 Å². The number of carbonyl (C=O) groups excluding carboxylic acids is 2. The van der Waals surface area contributed by atoms with E-state index in [1.807, 2.05) is 52.8 Å². The normalized spacial score (nSPS) is 12.5. The van der Waals surface area contributed by atoms with E-state index >= 15 is 0 Å². The first-order valence-electron chi connectivity index (χ1n) is 13.2. The highest BCUT2D eigenvalue weighted by molar-refractivity contribution is 5.99. The summed E-state index contributed by atoms with van der Waals surface area (Å²) >= 11 is 0. The van der Waals surface area contributed by atoms with Gasteiger partial charge in [-0.2, -0.15) is 31.4 Å². The van der Waals surface area contributed by atoms with E-state index in [-0.39, 0.29) is 23.9 Å². The monoisotopic (exact) mass is 596 g/mol. The minimum Gasteiger partial charge on any atom is -0.329 e. The van der Waals surface area contributed by atoms with Crippen molar-refractivity contribution in [2.75, 3.05) is 18.4 Å². The highest BCUT2D eigenvalue weighted by Gasteiger charge is 2.38. The molecule has 3 aromatic rings. The standard InChI is InChI=1S/C30H34F6N4O2/c1-17(2)15-39(27(42)20-11-21(29(31,32)33)13-22(12-20)30(34,35)36)16-26(41)37-25-14-24(28(5,6)7)38-40(25)23-10-8-9-18(3)19(23)4/h8-14,17H,15-16H2,1-7H3,(H,37,41). The van der Waals surface area contributed by atoms with E-state index in [0.717, 1.165) is 16.0 Å². The quantitative estimate of drug-likeness (QED) is 0.286. The van der Waals surface area contributed by atoms with Crippen LogP contribution in [-0.2, 0) is 22.6 Å². The van der Waals surface area contributed by atoms with E-state index in [4.69, 9.17) is 5.10 Å². The van der Waals surface area contributed by atoms with E-state index in [0.29, 0.717) is 29.3 Å². The van der Waals surface area contributed by atoms with Crippen molar-refractivity contribution >= 4 is 17.6 Å². The number of aromatic nitrogens is 2. The maximum atomic E-state index is 13.4. The summed E-state index contributed by atoms with van der Waals surface area (Å²) in [6.45, 7) is 12.4. The first-order chi connectivity index (χ1) is 19.2. The van der Waals surface area contributed by atoms with Gasteiger partial charge in [-0.05, 0) is 55.2 Å². The molecule has 0 unspecified atom stereocenters. The lowest BCUT2D eigenvalue weighted by molar-refractivity contribution is -0.143. The minimum absolute atomic E-state index is 0.0441. The number of aryl methyl sites for hydroxylation is 1. The Morgan fingerprint density at radius 1 is 0.929 bits per heavy atom. The Balaban J connectivity index is 1.99. The van der Waals surface area contributed by atoms with Crippen LogP contribution in [0.3, 0.4) is 0 Å². The van der Waals surface area contributed by atoms with Gasteiger partial charge >= 0.3 is 12.4 Å². The number of nitrogens with one attached hydrogen (secondary N) is 1. The van der Waals surface area contributed by atoms with Crippen LogP contribution in [0.15, 0.2) is 42.5 Å². The number of halogens is 6. The number of benzene rings is 2. The van der Waals surface area contributed by atoms with Gasteiger partial charge in [-0.3, -0.25) is 9.59 Å². The van der Waals surface area contributed by atoms with Crippen LogP contribution in [-0.4, -0.2) is 39.6 Å². The first-order valence-corrected chi connectivity index (χ1v) is 13.2. The van der Waals surface area contributed by atoms with E-state index in [1.165, 1.54) is 0 Å². The van der Waals surface area contributed by atoms with Crippen molar-refractivity contribution in [3.63, 3.8) is 0 Å². The molecule has 1 N–H and O–H groups in total. The van der Waals surface area contributed by atoms with Gasteiger partial charge in [-0.15, -0.1) is 0 Å². The fraction of sp³-hybridized carbons (Fsp3) is 0.433. The molecule has 0 saturated carbocycles. The van der Waals surface area contributed by atoms with E-state index in [1.54, 1.807) is 24.6 Å². The van der Waals surface area contributed by atoms with Crippen LogP contribution in [0.4, 0.5) is 32.2 Å². The van der Waals surface area contributed by atoms with E-state index in [9.17, 15) is 35.9 Å². The molecule has 228 valence electrons. The Morgan fingerprint density at radius 3 is 2.00 bits per heavy atom. The summed E-state index contributed by atoms with van der Waals surface area (Å²) in [6, 6.07) is 7.99. The Bertz CT molecular complexity index is 1430. The third-order valence-electron chi connectivity index (χ3n) is 6.59. The smallest absolute Gasteiger partial charge is 0.329 e. The predicted octanol–water partition coefficient (Wildman–Crippen LogP) is 7.56. The summed E-state index contributed by atoms with van der Waals surface area (Å²) in [5.41, 5.74) is -1.15. The molecule has 0 radical (unpaired) electrons. The lowest BCUT2D eigenvalue weighted by Gasteiger charge is -2.25. The number of anilines is 1. The Hall–Kier alpha value is -3.83. The maximum Gasteiger partial charge on any atom is 0.416 e. The fourth-order valence-corrected chi connectivity index (χ4v) is 4.26. The lowest BCUT2D eigenvalue weighted by Crippen LogP contribution is -2.40. The summed E-state index contributed by atoms with van der Waals surface area (Å²) in [5.74, 6) is -1.77. The second kappa shape index (κ2) is 11.8. The van der Waals surface area contributed by atoms with Crippen LogP contribution in [0.2, 0.25) is 0 Å². The number of carbonyl (C=O) groups is 2. The Morgan fingerprint density at radius 2 is 1.50 bits per heavy atom. The van der Waals surface area contributed by atoms with Crippen LogP contribution in [0.5, 0.6) is 0 Å². The number of alkyl halides is 6. The summed E-state index contributed by atoms with van der Waals surface area (Å²) in [4.78, 5) is 27.6. The Labute approximate surface area is 240 Å². The molecule has 1 aromatic heterocycles. The number of nitrogens with zero attached hydrogens (tertiary/aromatic N) is 3. The molecule has 2 aromatic carbocycles. The minimum atomic E-state index is -5.12. The summed E-state index contributed by atoms with van der Waals surface area (Å²) in [7, 11) is 0. The van der Waals surface area contributed by atoms with Crippen LogP contribution in [0.25, 0.3) is 5.69 Å². The zero-order chi connectivity index (χ0) is 31.8. The fourth-order valence-electron chi connectivity index (χ4n) is 4.26. The maximum absolute atomic E-state index is 13.4. The van der Waals surface area contributed by atoms with Gasteiger partial charge in [0.15, 0.2) is 0 Å². The van der Waals surface area contributed by atoms with Gasteiger partial charge < -0.3 is 10.2 Å². The van der Waals surface area contributed by atoms with E-state index in [2.05, 4.69) is 5.32 Å². The molecule has 0 atom stereocenters. The zero-order valence-corrected chi connectivity index (χ0v) is 24.5. The lowest BCUT2D eigenvalue weighted by atomic mass is 9.92. The molecule has 3 rings (SSSR count). The highest BCUT2D eigenvalue weighted by atomic mass is 19.4. The van der Waals surface area contributed by atoms with Crippen LogP contribution >= 0.6 is 0 Å². The molecule has 0 aliphatic rings.